The normalized spacial score (nSPS) is 12.1. The van der Waals surface area contributed by atoms with Gasteiger partial charge in [-0.2, -0.15) is 0 Å². The van der Waals surface area contributed by atoms with E-state index < -0.39 is 0 Å². The fraction of sp³-hybridized carbons (Fsp3) is 0.739. The molecule has 0 aliphatic heterocycles. The molecule has 0 saturated heterocycles. The monoisotopic (exact) mass is 802 g/mol. The summed E-state index contributed by atoms with van der Waals surface area (Å²) in [5.41, 5.74) is 1.33. The molecule has 57 heavy (non-hydrogen) atoms. The summed E-state index contributed by atoms with van der Waals surface area (Å²) in [7, 11) is 0. The maximum absolute atomic E-state index is 13.0. The zero-order chi connectivity index (χ0) is 42.7. The molecule has 0 heterocycles. The average Bonchev–Trinajstić information content (AvgIpc) is 3.18. The van der Waals surface area contributed by atoms with Crippen molar-refractivity contribution in [2.45, 2.75) is 156 Å². The highest BCUT2D eigenvalue weighted by atomic mass is 16.5. The summed E-state index contributed by atoms with van der Waals surface area (Å²) < 4.78 is 10.7. The maximum atomic E-state index is 13.0. The second-order valence-electron chi connectivity index (χ2n) is 15.7. The van der Waals surface area contributed by atoms with Gasteiger partial charge in [0, 0.05) is 89.7 Å². The number of hydrogen-bond acceptors (Lipinski definition) is 11. The number of esters is 1. The molecule has 0 bridgehead atoms. The van der Waals surface area contributed by atoms with Gasteiger partial charge in [0.1, 0.15) is 17.3 Å². The number of allylic oxidation sites excluding steroid dienone is 2. The number of hydrogen-bond donors (Lipinski definition) is 3. The van der Waals surface area contributed by atoms with Crippen LogP contribution < -0.4 is 16.0 Å². The Morgan fingerprint density at radius 3 is 1.35 bits per heavy atom. The van der Waals surface area contributed by atoms with Crippen molar-refractivity contribution < 1.29 is 38.2 Å². The third kappa shape index (κ3) is 31.5. The molecule has 1 unspecified atom stereocenters. The highest BCUT2D eigenvalue weighted by Crippen LogP contribution is 2.39. The van der Waals surface area contributed by atoms with Crippen LogP contribution in [0, 0.1) is 5.41 Å². The van der Waals surface area contributed by atoms with Gasteiger partial charge in [0.2, 0.25) is 0 Å². The number of ether oxygens (including phenoxy) is 2. The predicted molar refractivity (Wildman–Crippen MR) is 230 cm³/mol. The van der Waals surface area contributed by atoms with Crippen LogP contribution in [-0.2, 0) is 38.2 Å². The smallest absolute Gasteiger partial charge is 0.333 e. The summed E-state index contributed by atoms with van der Waals surface area (Å²) in [5.74, 6) is 0.392. The van der Waals surface area contributed by atoms with E-state index in [0.29, 0.717) is 140 Å². The number of nitrogens with one attached hydrogen (secondary N) is 3. The Bertz CT molecular complexity index is 1100. The Kier molecular flexibility index (Phi) is 33.0. The highest BCUT2D eigenvalue weighted by molar-refractivity contribution is 5.94. The van der Waals surface area contributed by atoms with Crippen molar-refractivity contribution in [3.8, 4) is 0 Å². The van der Waals surface area contributed by atoms with Crippen molar-refractivity contribution in [3.63, 3.8) is 0 Å². The molecule has 3 N–H and O–H groups in total. The largest absolute Gasteiger partial charge is 0.462 e. The van der Waals surface area contributed by atoms with Crippen molar-refractivity contribution in [1.82, 2.24) is 16.0 Å². The minimum absolute atomic E-state index is 0.0616. The van der Waals surface area contributed by atoms with Crippen LogP contribution in [0.3, 0.4) is 0 Å². The molecule has 0 aromatic rings. The van der Waals surface area contributed by atoms with Crippen molar-refractivity contribution in [3.05, 3.63) is 36.5 Å². The molecule has 0 aliphatic carbocycles. The fourth-order valence-electron chi connectivity index (χ4n) is 6.27. The van der Waals surface area contributed by atoms with Crippen LogP contribution in [-0.4, -0.2) is 94.0 Å². The lowest BCUT2D eigenvalue weighted by atomic mass is 9.72. The lowest BCUT2D eigenvalue weighted by molar-refractivity contribution is -0.139. The molecule has 0 amide bonds. The molecule has 0 aromatic heterocycles. The average molecular weight is 802 g/mol. The van der Waals surface area contributed by atoms with E-state index >= 15 is 0 Å². The molecular formula is C46H79N3O8. The van der Waals surface area contributed by atoms with Gasteiger partial charge in [-0.05, 0) is 108 Å². The summed E-state index contributed by atoms with van der Waals surface area (Å²) in [6.07, 6.45) is 13.6. The Labute approximate surface area is 345 Å². The van der Waals surface area contributed by atoms with E-state index in [4.69, 9.17) is 9.47 Å². The molecular weight excluding hydrogens is 723 g/mol. The first-order valence-electron chi connectivity index (χ1n) is 21.7. The van der Waals surface area contributed by atoms with Crippen LogP contribution in [0.2, 0.25) is 0 Å². The number of unbranched alkanes of at least 4 members (excludes halogenated alkanes) is 5. The first-order chi connectivity index (χ1) is 27.2. The number of carbonyl (C=O) groups excluding carboxylic acids is 6. The van der Waals surface area contributed by atoms with Crippen LogP contribution in [0.15, 0.2) is 36.5 Å². The van der Waals surface area contributed by atoms with E-state index in [1.165, 1.54) is 0 Å². The lowest BCUT2D eigenvalue weighted by Crippen LogP contribution is -2.27. The zero-order valence-electron chi connectivity index (χ0n) is 36.4. The van der Waals surface area contributed by atoms with Gasteiger partial charge in [0.15, 0.2) is 11.6 Å². The number of Topliss-reactive ketones (excluding diaryl/α,β-unsaturated/α-hetero) is 5. The van der Waals surface area contributed by atoms with E-state index in [-0.39, 0.29) is 40.3 Å². The second kappa shape index (κ2) is 34.9. The van der Waals surface area contributed by atoms with Crippen LogP contribution in [0.1, 0.15) is 156 Å². The quantitative estimate of drug-likeness (QED) is 0.0316. The van der Waals surface area contributed by atoms with Gasteiger partial charge < -0.3 is 25.4 Å². The van der Waals surface area contributed by atoms with E-state index in [2.05, 4.69) is 42.6 Å². The van der Waals surface area contributed by atoms with E-state index in [1.54, 1.807) is 20.8 Å². The molecule has 0 spiro atoms. The Balaban J connectivity index is 4.73. The summed E-state index contributed by atoms with van der Waals surface area (Å²) in [4.78, 5) is 73.7. The summed E-state index contributed by atoms with van der Waals surface area (Å²) in [5, 5.41) is 9.98. The molecule has 0 rings (SSSR count). The Hall–Kier alpha value is -3.12. The zero-order valence-corrected chi connectivity index (χ0v) is 36.4. The number of rotatable bonds is 42. The maximum Gasteiger partial charge on any atom is 0.333 e. The van der Waals surface area contributed by atoms with E-state index in [9.17, 15) is 28.8 Å². The first kappa shape index (κ1) is 53.9. The third-order valence-corrected chi connectivity index (χ3v) is 10.4. The molecule has 0 aromatic carbocycles. The second-order valence-corrected chi connectivity index (χ2v) is 15.7. The van der Waals surface area contributed by atoms with Crippen LogP contribution in [0.4, 0.5) is 0 Å². The van der Waals surface area contributed by atoms with Gasteiger partial charge in [-0.1, -0.05) is 45.9 Å². The van der Waals surface area contributed by atoms with Gasteiger partial charge in [-0.25, -0.2) is 4.79 Å². The minimum atomic E-state index is -0.359. The van der Waals surface area contributed by atoms with Gasteiger partial charge in [0.05, 0.1) is 13.2 Å². The number of ketones is 5. The molecule has 326 valence electrons. The lowest BCUT2D eigenvalue weighted by Gasteiger charge is -2.33. The molecule has 0 aliphatic rings. The molecule has 0 radical (unpaired) electrons. The molecule has 11 nitrogen and oxygen atoms in total. The van der Waals surface area contributed by atoms with Crippen LogP contribution >= 0.6 is 0 Å². The predicted octanol–water partition coefficient (Wildman–Crippen LogP) is 7.70. The fourth-order valence-corrected chi connectivity index (χ4v) is 6.27. The minimum Gasteiger partial charge on any atom is -0.462 e. The summed E-state index contributed by atoms with van der Waals surface area (Å²) >= 11 is 0. The van der Waals surface area contributed by atoms with Crippen molar-refractivity contribution in [1.29, 1.82) is 0 Å². The summed E-state index contributed by atoms with van der Waals surface area (Å²) in [6, 6.07) is 0. The van der Waals surface area contributed by atoms with Crippen molar-refractivity contribution >= 4 is 34.9 Å². The highest BCUT2D eigenvalue weighted by Gasteiger charge is 2.30. The Morgan fingerprint density at radius 2 is 0.895 bits per heavy atom. The molecule has 0 fully saturated rings. The van der Waals surface area contributed by atoms with Crippen molar-refractivity contribution in [2.75, 3.05) is 59.1 Å². The first-order valence-corrected chi connectivity index (χ1v) is 21.7. The number of carbonyl (C=O) groups is 6. The third-order valence-electron chi connectivity index (χ3n) is 10.4. The van der Waals surface area contributed by atoms with Gasteiger partial charge >= 0.3 is 5.97 Å². The summed E-state index contributed by atoms with van der Waals surface area (Å²) in [6.45, 7) is 23.6. The molecule has 0 saturated carbocycles. The van der Waals surface area contributed by atoms with E-state index in [1.807, 2.05) is 0 Å². The standard InChI is InChI=1S/C46H79N3O8/c1-8-46(25-19-40(50)22-30-47-28-13-10-9-12-17-43(53)37(2)3,26-20-41(51)23-31-48-29-14-11-15-35-57-45(55)39(6)7)27-21-42(52)24-32-49-33-36-56-34-16-18-44(54)38(4)5/h47-49H,2,4,6,8-36H2,1,3,5,7H3. The van der Waals surface area contributed by atoms with Gasteiger partial charge in [-0.3, -0.25) is 24.0 Å². The SMILES string of the molecule is C=C(C)C(=O)CCCCCCNCCC(=O)CCC(CC)(CCC(=O)CCNCCCCCOC(=O)C(=C)C)CCC(=O)CCNCCOCCCC(=O)C(=C)C. The van der Waals surface area contributed by atoms with E-state index in [0.717, 1.165) is 64.5 Å². The van der Waals surface area contributed by atoms with Crippen LogP contribution in [0.25, 0.3) is 0 Å². The van der Waals surface area contributed by atoms with Gasteiger partial charge in [0.25, 0.3) is 0 Å². The van der Waals surface area contributed by atoms with Crippen molar-refractivity contribution in [2.24, 2.45) is 5.41 Å². The Morgan fingerprint density at radius 1 is 0.456 bits per heavy atom. The molecule has 1 atom stereocenters. The topological polar surface area (TPSA) is 157 Å². The van der Waals surface area contributed by atoms with Gasteiger partial charge in [-0.15, -0.1) is 0 Å². The van der Waals surface area contributed by atoms with Crippen LogP contribution in [0.5, 0.6) is 0 Å². The molecule has 11 heteroatoms.